The van der Waals surface area contributed by atoms with Crippen LogP contribution in [0.2, 0.25) is 5.02 Å². The van der Waals surface area contributed by atoms with Crippen LogP contribution >= 0.6 is 22.9 Å². The highest BCUT2D eigenvalue weighted by molar-refractivity contribution is 7.21. The molecule has 0 atom stereocenters. The fourth-order valence-electron chi connectivity index (χ4n) is 2.94. The van der Waals surface area contributed by atoms with E-state index in [1.807, 2.05) is 24.3 Å². The summed E-state index contributed by atoms with van der Waals surface area (Å²) in [5.41, 5.74) is 2.01. The number of halogens is 4. The Morgan fingerprint density at radius 3 is 2.47 bits per heavy atom. The van der Waals surface area contributed by atoms with Crippen LogP contribution in [0.1, 0.15) is 20.8 Å². The first-order chi connectivity index (χ1) is 16.2. The third kappa shape index (κ3) is 5.24. The van der Waals surface area contributed by atoms with Crippen molar-refractivity contribution in [2.24, 2.45) is 15.3 Å². The summed E-state index contributed by atoms with van der Waals surface area (Å²) in [6.07, 6.45) is -3.28. The van der Waals surface area contributed by atoms with Gasteiger partial charge >= 0.3 is 6.18 Å². The van der Waals surface area contributed by atoms with Crippen molar-refractivity contribution in [2.75, 3.05) is 0 Å². The van der Waals surface area contributed by atoms with Gasteiger partial charge in [0.1, 0.15) is 10.6 Å². The molecule has 0 fully saturated rings. The SMILES string of the molecule is O=C(N/N=C/c1cc(N=Nc2cccc(C(F)(F)F)c2)ccc1O)c1sc2ccccc2c1Cl. The van der Waals surface area contributed by atoms with Crippen molar-refractivity contribution in [1.29, 1.82) is 0 Å². The van der Waals surface area contributed by atoms with E-state index in [0.717, 1.165) is 22.2 Å². The third-order valence-electron chi connectivity index (χ3n) is 4.58. The van der Waals surface area contributed by atoms with Gasteiger partial charge in [0.15, 0.2) is 0 Å². The van der Waals surface area contributed by atoms with Gasteiger partial charge in [-0.25, -0.2) is 5.43 Å². The standard InChI is InChI=1S/C23H14ClF3N4O2S/c24-20-17-6-1-2-7-19(17)34-21(20)22(33)31-28-12-13-10-16(8-9-18(13)32)30-29-15-5-3-4-14(11-15)23(25,26)27/h1-12,32H,(H,31,33)/b28-12+,30-29?. The first-order valence-corrected chi connectivity index (χ1v) is 10.8. The summed E-state index contributed by atoms with van der Waals surface area (Å²) in [6.45, 7) is 0. The maximum atomic E-state index is 12.8. The lowest BCUT2D eigenvalue weighted by molar-refractivity contribution is -0.137. The lowest BCUT2D eigenvalue weighted by atomic mass is 10.2. The first kappa shape index (κ1) is 23.4. The Bertz CT molecular complexity index is 1430. The zero-order valence-electron chi connectivity index (χ0n) is 17.0. The summed E-state index contributed by atoms with van der Waals surface area (Å²) in [5, 5.41) is 22.7. The van der Waals surface area contributed by atoms with Crippen molar-refractivity contribution in [3.63, 3.8) is 0 Å². The van der Waals surface area contributed by atoms with Gasteiger partial charge in [-0.2, -0.15) is 28.5 Å². The predicted octanol–water partition coefficient (Wildman–Crippen LogP) is 7.46. The molecule has 0 saturated carbocycles. The van der Waals surface area contributed by atoms with Gasteiger partial charge in [0.05, 0.1) is 28.2 Å². The number of aromatic hydroxyl groups is 1. The molecule has 1 heterocycles. The van der Waals surface area contributed by atoms with Crippen LogP contribution in [0.4, 0.5) is 24.5 Å². The number of carbonyl (C=O) groups excluding carboxylic acids is 1. The summed E-state index contributed by atoms with van der Waals surface area (Å²) in [4.78, 5) is 12.8. The largest absolute Gasteiger partial charge is 0.507 e. The molecule has 1 aromatic heterocycles. The van der Waals surface area contributed by atoms with Gasteiger partial charge in [0.25, 0.3) is 5.91 Å². The van der Waals surface area contributed by atoms with Gasteiger partial charge in [0, 0.05) is 15.6 Å². The van der Waals surface area contributed by atoms with Crippen LogP contribution in [0.3, 0.4) is 0 Å². The topological polar surface area (TPSA) is 86.4 Å². The summed E-state index contributed by atoms with van der Waals surface area (Å²) in [6, 6.07) is 15.9. The van der Waals surface area contributed by atoms with Crippen molar-refractivity contribution in [3.8, 4) is 5.75 Å². The maximum Gasteiger partial charge on any atom is 0.416 e. The molecule has 0 radical (unpaired) electrons. The first-order valence-electron chi connectivity index (χ1n) is 9.65. The fraction of sp³-hybridized carbons (Fsp3) is 0.0435. The van der Waals surface area contributed by atoms with Gasteiger partial charge in [-0.3, -0.25) is 4.79 Å². The van der Waals surface area contributed by atoms with Crippen molar-refractivity contribution in [1.82, 2.24) is 5.43 Å². The summed E-state index contributed by atoms with van der Waals surface area (Å²) < 4.78 is 39.4. The molecule has 0 aliphatic rings. The number of hydrogen-bond acceptors (Lipinski definition) is 6. The Kier molecular flexibility index (Phi) is 6.62. The number of thiophene rings is 1. The summed E-state index contributed by atoms with van der Waals surface area (Å²) in [7, 11) is 0. The van der Waals surface area contributed by atoms with E-state index < -0.39 is 17.6 Å². The minimum atomic E-state index is -4.49. The summed E-state index contributed by atoms with van der Waals surface area (Å²) >= 11 is 7.51. The molecule has 0 bridgehead atoms. The number of nitrogens with zero attached hydrogens (tertiary/aromatic N) is 3. The number of hydrazone groups is 1. The number of phenols is 1. The van der Waals surface area contributed by atoms with Gasteiger partial charge in [-0.15, -0.1) is 11.3 Å². The van der Waals surface area contributed by atoms with E-state index in [2.05, 4.69) is 20.8 Å². The Balaban J connectivity index is 1.48. The number of nitrogens with one attached hydrogen (secondary N) is 1. The molecule has 1 amide bonds. The third-order valence-corrected chi connectivity index (χ3v) is 6.25. The normalized spacial score (nSPS) is 12.1. The van der Waals surface area contributed by atoms with Crippen LogP contribution in [-0.4, -0.2) is 17.2 Å². The van der Waals surface area contributed by atoms with E-state index in [4.69, 9.17) is 11.6 Å². The second kappa shape index (κ2) is 9.62. The van der Waals surface area contributed by atoms with E-state index in [0.29, 0.717) is 9.90 Å². The molecule has 4 aromatic rings. The Morgan fingerprint density at radius 2 is 1.74 bits per heavy atom. The average Bonchev–Trinajstić information content (AvgIpc) is 3.16. The van der Waals surface area contributed by atoms with E-state index in [9.17, 15) is 23.1 Å². The minimum Gasteiger partial charge on any atom is -0.507 e. The van der Waals surface area contributed by atoms with E-state index in [1.54, 1.807) is 0 Å². The Hall–Kier alpha value is -3.76. The molecular formula is C23H14ClF3N4O2S. The highest BCUT2D eigenvalue weighted by Gasteiger charge is 2.30. The van der Waals surface area contributed by atoms with Crippen LogP contribution < -0.4 is 5.43 Å². The fourth-order valence-corrected chi connectivity index (χ4v) is 4.35. The maximum absolute atomic E-state index is 12.8. The van der Waals surface area contributed by atoms with Crippen molar-refractivity contribution in [2.45, 2.75) is 6.18 Å². The molecule has 0 unspecified atom stereocenters. The highest BCUT2D eigenvalue weighted by atomic mass is 35.5. The zero-order chi connectivity index (χ0) is 24.3. The number of alkyl halides is 3. The molecule has 3 aromatic carbocycles. The molecule has 0 saturated heterocycles. The van der Waals surface area contributed by atoms with Crippen molar-refractivity contribution < 1.29 is 23.1 Å². The predicted molar refractivity (Wildman–Crippen MR) is 126 cm³/mol. The molecular weight excluding hydrogens is 489 g/mol. The van der Waals surface area contributed by atoms with E-state index >= 15 is 0 Å². The lowest BCUT2D eigenvalue weighted by Crippen LogP contribution is -2.16. The highest BCUT2D eigenvalue weighted by Crippen LogP contribution is 2.35. The smallest absolute Gasteiger partial charge is 0.416 e. The number of fused-ring (bicyclic) bond motifs is 1. The van der Waals surface area contributed by atoms with E-state index in [1.165, 1.54) is 47.9 Å². The lowest BCUT2D eigenvalue weighted by Gasteiger charge is -2.06. The van der Waals surface area contributed by atoms with Crippen molar-refractivity contribution >= 4 is 56.5 Å². The second-order valence-corrected chi connectivity index (χ2v) is 8.36. The monoisotopic (exact) mass is 502 g/mol. The Labute approximate surface area is 200 Å². The second-order valence-electron chi connectivity index (χ2n) is 6.93. The van der Waals surface area contributed by atoms with Gasteiger partial charge in [-0.1, -0.05) is 35.9 Å². The van der Waals surface area contributed by atoms with Crippen LogP contribution in [0.5, 0.6) is 5.75 Å². The number of amides is 1. The zero-order valence-corrected chi connectivity index (χ0v) is 18.6. The van der Waals surface area contributed by atoms with Gasteiger partial charge < -0.3 is 5.11 Å². The molecule has 34 heavy (non-hydrogen) atoms. The molecule has 4 rings (SSSR count). The molecule has 11 heteroatoms. The molecule has 0 aliphatic carbocycles. The molecule has 0 spiro atoms. The van der Waals surface area contributed by atoms with Crippen LogP contribution in [0.15, 0.2) is 82.1 Å². The van der Waals surface area contributed by atoms with Crippen LogP contribution in [0, 0.1) is 0 Å². The average molecular weight is 503 g/mol. The van der Waals surface area contributed by atoms with Gasteiger partial charge in [-0.05, 0) is 42.5 Å². The van der Waals surface area contributed by atoms with Gasteiger partial charge in [0.2, 0.25) is 0 Å². The number of benzene rings is 3. The van der Waals surface area contributed by atoms with Crippen LogP contribution in [0.25, 0.3) is 10.1 Å². The number of rotatable bonds is 5. The quantitative estimate of drug-likeness (QED) is 0.168. The molecule has 2 N–H and O–H groups in total. The minimum absolute atomic E-state index is 0.0191. The van der Waals surface area contributed by atoms with E-state index in [-0.39, 0.29) is 22.7 Å². The number of carbonyl (C=O) groups is 1. The number of hydrogen-bond donors (Lipinski definition) is 2. The molecule has 0 aliphatic heterocycles. The Morgan fingerprint density at radius 1 is 1.00 bits per heavy atom. The molecule has 172 valence electrons. The van der Waals surface area contributed by atoms with Crippen LogP contribution in [-0.2, 0) is 6.18 Å². The number of phenolic OH excluding ortho intramolecular Hbond substituents is 1. The summed E-state index contributed by atoms with van der Waals surface area (Å²) in [5.74, 6) is -0.654. The van der Waals surface area contributed by atoms with Crippen molar-refractivity contribution in [3.05, 3.63) is 87.8 Å². The number of azo groups is 1. The molecule has 6 nitrogen and oxygen atoms in total.